The van der Waals surface area contributed by atoms with E-state index < -0.39 is 21.4 Å². The third-order valence-electron chi connectivity index (χ3n) is 6.22. The number of benzene rings is 1. The van der Waals surface area contributed by atoms with Gasteiger partial charge in [-0.05, 0) is 37.1 Å². The van der Waals surface area contributed by atoms with Gasteiger partial charge >= 0.3 is 6.03 Å². The van der Waals surface area contributed by atoms with E-state index in [1.165, 1.54) is 21.3 Å². The summed E-state index contributed by atoms with van der Waals surface area (Å²) in [6.07, 6.45) is 4.33. The third kappa shape index (κ3) is 3.76. The molecule has 0 unspecified atom stereocenters. The second-order valence-corrected chi connectivity index (χ2v) is 10.0. The molecule has 1 saturated carbocycles. The monoisotopic (exact) mass is 425 g/mol. The van der Waals surface area contributed by atoms with Gasteiger partial charge in [0.15, 0.2) is 6.67 Å². The van der Waals surface area contributed by atoms with Gasteiger partial charge in [-0.2, -0.15) is 4.31 Å². The highest BCUT2D eigenvalue weighted by Crippen LogP contribution is 2.33. The Kier molecular flexibility index (Phi) is 5.34. The lowest BCUT2D eigenvalue weighted by molar-refractivity contribution is -0.910. The van der Waals surface area contributed by atoms with Crippen LogP contribution in [0.3, 0.4) is 0 Å². The van der Waals surface area contributed by atoms with Crippen LogP contribution in [0.4, 0.5) is 9.18 Å². The molecule has 0 bridgehead atoms. The standard InChI is InChI=1S/C19H25FN4O4S/c20-15-4-6-16(7-5-15)29(27,28)23-12-10-22(11-13-23)14-24-17(25)19(21-18(24)26)8-2-1-3-9-19/h4-7H,1-3,8-14H2,(H,21,26)/p+1. The lowest BCUT2D eigenvalue weighted by atomic mass is 9.82. The van der Waals surface area contributed by atoms with E-state index in [0.29, 0.717) is 25.9 Å². The van der Waals surface area contributed by atoms with Crippen molar-refractivity contribution in [2.45, 2.75) is 42.5 Å². The zero-order valence-electron chi connectivity index (χ0n) is 16.2. The predicted molar refractivity (Wildman–Crippen MR) is 102 cm³/mol. The molecule has 1 aromatic carbocycles. The third-order valence-corrected chi connectivity index (χ3v) is 8.13. The van der Waals surface area contributed by atoms with E-state index in [1.807, 2.05) is 0 Å². The summed E-state index contributed by atoms with van der Waals surface area (Å²) >= 11 is 0. The van der Waals surface area contributed by atoms with Crippen molar-refractivity contribution in [1.29, 1.82) is 0 Å². The van der Waals surface area contributed by atoms with E-state index >= 15 is 0 Å². The Morgan fingerprint density at radius 1 is 1.03 bits per heavy atom. The molecule has 1 aromatic rings. The van der Waals surface area contributed by atoms with Gasteiger partial charge in [0.1, 0.15) is 11.4 Å². The van der Waals surface area contributed by atoms with E-state index in [0.717, 1.165) is 36.3 Å². The van der Waals surface area contributed by atoms with Gasteiger partial charge in [0.2, 0.25) is 10.0 Å². The van der Waals surface area contributed by atoms with E-state index in [9.17, 15) is 22.4 Å². The summed E-state index contributed by atoms with van der Waals surface area (Å²) in [6.45, 7) is 1.79. The molecule has 8 nitrogen and oxygen atoms in total. The minimum absolute atomic E-state index is 0.0655. The second kappa shape index (κ2) is 7.66. The molecule has 3 fully saturated rings. The van der Waals surface area contributed by atoms with Crippen molar-refractivity contribution < 1.29 is 27.3 Å². The van der Waals surface area contributed by atoms with E-state index in [2.05, 4.69) is 5.32 Å². The van der Waals surface area contributed by atoms with Crippen LogP contribution in [0.1, 0.15) is 32.1 Å². The summed E-state index contributed by atoms with van der Waals surface area (Å²) in [5, 5.41) is 2.90. The maximum Gasteiger partial charge on any atom is 0.329 e. The summed E-state index contributed by atoms with van der Waals surface area (Å²) in [6, 6.07) is 4.45. The van der Waals surface area contributed by atoms with Crippen molar-refractivity contribution in [3.05, 3.63) is 30.1 Å². The fraction of sp³-hybridized carbons (Fsp3) is 0.579. The lowest BCUT2D eigenvalue weighted by Gasteiger charge is -2.33. The number of quaternary nitrogens is 1. The van der Waals surface area contributed by atoms with Gasteiger partial charge < -0.3 is 10.2 Å². The van der Waals surface area contributed by atoms with Crippen LogP contribution >= 0.6 is 0 Å². The topological polar surface area (TPSA) is 91.2 Å². The van der Waals surface area contributed by atoms with Gasteiger partial charge in [0.05, 0.1) is 31.1 Å². The van der Waals surface area contributed by atoms with Crippen molar-refractivity contribution in [3.8, 4) is 0 Å². The Morgan fingerprint density at radius 3 is 2.28 bits per heavy atom. The molecule has 2 heterocycles. The molecule has 2 saturated heterocycles. The number of nitrogens with zero attached hydrogens (tertiary/aromatic N) is 2. The quantitative estimate of drug-likeness (QED) is 0.661. The Hall–Kier alpha value is -2.04. The van der Waals surface area contributed by atoms with E-state index in [4.69, 9.17) is 0 Å². The molecule has 2 aliphatic heterocycles. The Bertz CT molecular complexity index is 891. The van der Waals surface area contributed by atoms with Crippen LogP contribution < -0.4 is 10.2 Å². The Morgan fingerprint density at radius 2 is 1.66 bits per heavy atom. The molecule has 4 rings (SSSR count). The van der Waals surface area contributed by atoms with Gasteiger partial charge in [-0.1, -0.05) is 19.3 Å². The molecule has 1 aliphatic carbocycles. The number of hydrogen-bond donors (Lipinski definition) is 2. The van der Waals surface area contributed by atoms with Crippen LogP contribution in [-0.4, -0.2) is 67.9 Å². The maximum atomic E-state index is 13.1. The SMILES string of the molecule is O=C1NC2(CCCCC2)C(=O)N1C[NH+]1CCN(S(=O)(=O)c2ccc(F)cc2)CC1. The number of urea groups is 1. The molecule has 2 N–H and O–H groups in total. The molecule has 0 atom stereocenters. The first-order valence-electron chi connectivity index (χ1n) is 10.1. The normalized spacial score (nSPS) is 23.6. The highest BCUT2D eigenvalue weighted by Gasteiger charge is 2.52. The molecule has 3 aliphatic rings. The number of nitrogens with one attached hydrogen (secondary N) is 2. The lowest BCUT2D eigenvalue weighted by Crippen LogP contribution is -3.16. The van der Waals surface area contributed by atoms with Crippen LogP contribution in [0, 0.1) is 5.82 Å². The number of sulfonamides is 1. The first kappa shape index (κ1) is 20.2. The summed E-state index contributed by atoms with van der Waals surface area (Å²) in [5.41, 5.74) is -0.734. The van der Waals surface area contributed by atoms with Crippen molar-refractivity contribution in [2.75, 3.05) is 32.8 Å². The summed E-state index contributed by atoms with van der Waals surface area (Å²) in [5.74, 6) is -0.626. The van der Waals surface area contributed by atoms with Gasteiger partial charge in [0.25, 0.3) is 5.91 Å². The maximum absolute atomic E-state index is 13.1. The van der Waals surface area contributed by atoms with E-state index in [-0.39, 0.29) is 36.6 Å². The number of amides is 3. The van der Waals surface area contributed by atoms with Crippen molar-refractivity contribution >= 4 is 22.0 Å². The second-order valence-electron chi connectivity index (χ2n) is 8.07. The largest absolute Gasteiger partial charge is 0.329 e. The van der Waals surface area contributed by atoms with Gasteiger partial charge in [-0.25, -0.2) is 22.5 Å². The summed E-state index contributed by atoms with van der Waals surface area (Å²) in [7, 11) is -3.68. The first-order valence-corrected chi connectivity index (χ1v) is 11.5. The minimum Gasteiger partial charge on any atom is -0.323 e. The van der Waals surface area contributed by atoms with Crippen LogP contribution in [0.2, 0.25) is 0 Å². The zero-order valence-corrected chi connectivity index (χ0v) is 17.0. The summed E-state index contributed by atoms with van der Waals surface area (Å²) < 4.78 is 39.9. The molecule has 3 amide bonds. The number of rotatable bonds is 4. The fourth-order valence-electron chi connectivity index (χ4n) is 4.49. The molecular formula is C19H26FN4O4S+. The number of hydrogen-bond acceptors (Lipinski definition) is 4. The van der Waals surface area contributed by atoms with Crippen molar-refractivity contribution in [2.24, 2.45) is 0 Å². The molecular weight excluding hydrogens is 399 g/mol. The van der Waals surface area contributed by atoms with Crippen molar-refractivity contribution in [1.82, 2.24) is 14.5 Å². The average Bonchev–Trinajstić information content (AvgIpc) is 2.93. The van der Waals surface area contributed by atoms with Crippen LogP contribution in [0.15, 0.2) is 29.2 Å². The van der Waals surface area contributed by atoms with Crippen LogP contribution in [0.25, 0.3) is 0 Å². The molecule has 0 aromatic heterocycles. The highest BCUT2D eigenvalue weighted by atomic mass is 32.2. The molecule has 0 radical (unpaired) electrons. The van der Waals surface area contributed by atoms with Gasteiger partial charge in [-0.15, -0.1) is 0 Å². The van der Waals surface area contributed by atoms with Gasteiger partial charge in [0, 0.05) is 0 Å². The number of imide groups is 1. The summed E-state index contributed by atoms with van der Waals surface area (Å²) in [4.78, 5) is 27.7. The number of carbonyl (C=O) groups excluding carboxylic acids is 2. The van der Waals surface area contributed by atoms with Crippen LogP contribution in [0.5, 0.6) is 0 Å². The minimum atomic E-state index is -3.68. The van der Waals surface area contributed by atoms with Crippen LogP contribution in [-0.2, 0) is 14.8 Å². The first-order chi connectivity index (χ1) is 13.8. The molecule has 29 heavy (non-hydrogen) atoms. The Balaban J connectivity index is 1.37. The van der Waals surface area contributed by atoms with Gasteiger partial charge in [-0.3, -0.25) is 4.79 Å². The number of halogens is 1. The Labute approximate surface area is 169 Å². The number of piperazine rings is 1. The fourth-order valence-corrected chi connectivity index (χ4v) is 5.94. The molecule has 10 heteroatoms. The van der Waals surface area contributed by atoms with Crippen molar-refractivity contribution in [3.63, 3.8) is 0 Å². The molecule has 158 valence electrons. The zero-order chi connectivity index (χ0) is 20.6. The predicted octanol–water partition coefficient (Wildman–Crippen LogP) is -0.0729. The average molecular weight is 426 g/mol. The molecule has 1 spiro atoms. The number of carbonyl (C=O) groups is 2. The highest BCUT2D eigenvalue weighted by molar-refractivity contribution is 7.89. The van der Waals surface area contributed by atoms with E-state index in [1.54, 1.807) is 0 Å². The smallest absolute Gasteiger partial charge is 0.323 e.